The van der Waals surface area contributed by atoms with E-state index in [2.05, 4.69) is 26.3 Å². The van der Waals surface area contributed by atoms with Gasteiger partial charge < -0.3 is 25.1 Å². The number of likely N-dealkylation sites (tertiary alicyclic amines) is 1. The number of nitrogens with zero attached hydrogens (tertiary/aromatic N) is 1. The van der Waals surface area contributed by atoms with Crippen molar-refractivity contribution < 1.29 is 19.4 Å². The van der Waals surface area contributed by atoms with Crippen molar-refractivity contribution in [2.45, 2.75) is 32.4 Å². The molecule has 41 heavy (non-hydrogen) atoms. The third kappa shape index (κ3) is 6.73. The highest BCUT2D eigenvalue weighted by molar-refractivity contribution is 6.32. The van der Waals surface area contributed by atoms with E-state index in [1.54, 1.807) is 18.3 Å². The number of aromatic carboxylic acids is 1. The molecule has 3 aromatic carbocycles. The first kappa shape index (κ1) is 28.3. The van der Waals surface area contributed by atoms with E-state index in [1.165, 1.54) is 5.56 Å². The summed E-state index contributed by atoms with van der Waals surface area (Å²) in [6, 6.07) is 21.0. The number of carbonyl (C=O) groups is 2. The number of aromatic amines is 2. The van der Waals surface area contributed by atoms with Crippen molar-refractivity contribution in [3.8, 4) is 5.75 Å². The van der Waals surface area contributed by atoms with Crippen LogP contribution in [-0.4, -0.2) is 57.6 Å². The minimum absolute atomic E-state index is 0.00411. The molecule has 1 amide bonds. The van der Waals surface area contributed by atoms with E-state index in [0.29, 0.717) is 28.3 Å². The fraction of sp³-hybridized carbons (Fsp3) is 0.250. The van der Waals surface area contributed by atoms with Crippen LogP contribution in [0.2, 0.25) is 5.02 Å². The highest BCUT2D eigenvalue weighted by atomic mass is 35.5. The zero-order valence-electron chi connectivity index (χ0n) is 22.8. The molecule has 9 heteroatoms. The van der Waals surface area contributed by atoms with E-state index in [0.717, 1.165) is 54.5 Å². The van der Waals surface area contributed by atoms with Crippen LogP contribution in [0.25, 0.3) is 21.8 Å². The van der Waals surface area contributed by atoms with Gasteiger partial charge in [-0.25, -0.2) is 4.79 Å². The Morgan fingerprint density at radius 1 is 0.951 bits per heavy atom. The molecule has 1 aliphatic rings. The van der Waals surface area contributed by atoms with Gasteiger partial charge in [0.2, 0.25) is 0 Å². The first-order chi connectivity index (χ1) is 19.9. The standard InChI is InChI=1S/C23H26ClN3O2.C9H7NO2/c1-2-29-21-14-16(6-7-20(21)24)15-27-12-9-18(10-13-27)26-23(28)19-5-3-4-17-8-11-25-22(17)19;11-9(12)7-3-1-2-6-4-5-10-8(6)7/h3-8,11,14,18,25H,2,9-10,12-13,15H2,1H3,(H,26,28);1-5,10H,(H,11,12). The Labute approximate surface area is 243 Å². The zero-order valence-corrected chi connectivity index (χ0v) is 23.6. The maximum Gasteiger partial charge on any atom is 0.337 e. The van der Waals surface area contributed by atoms with Crippen LogP contribution in [0.3, 0.4) is 0 Å². The lowest BCUT2D eigenvalue weighted by Gasteiger charge is -2.32. The van der Waals surface area contributed by atoms with Crippen molar-refractivity contribution in [3.05, 3.63) is 101 Å². The molecule has 1 saturated heterocycles. The Balaban J connectivity index is 0.000000234. The number of piperidine rings is 1. The van der Waals surface area contributed by atoms with E-state index >= 15 is 0 Å². The number of amides is 1. The molecule has 0 saturated carbocycles. The predicted octanol–water partition coefficient (Wildman–Crippen LogP) is 6.48. The maximum absolute atomic E-state index is 12.8. The van der Waals surface area contributed by atoms with Crippen LogP contribution in [0.4, 0.5) is 0 Å². The van der Waals surface area contributed by atoms with Crippen LogP contribution in [0.1, 0.15) is 46.0 Å². The number of H-pyrrole nitrogens is 2. The number of hydrogen-bond donors (Lipinski definition) is 4. The second-order valence-corrected chi connectivity index (χ2v) is 10.4. The van der Waals surface area contributed by atoms with Gasteiger partial charge in [0, 0.05) is 48.8 Å². The number of benzene rings is 3. The average molecular weight is 573 g/mol. The number of fused-ring (bicyclic) bond motifs is 2. The highest BCUT2D eigenvalue weighted by Gasteiger charge is 2.22. The Morgan fingerprint density at radius 2 is 1.59 bits per heavy atom. The number of nitrogens with one attached hydrogen (secondary N) is 3. The monoisotopic (exact) mass is 572 g/mol. The average Bonchev–Trinajstić information content (AvgIpc) is 3.66. The van der Waals surface area contributed by atoms with Crippen molar-refractivity contribution in [2.75, 3.05) is 19.7 Å². The summed E-state index contributed by atoms with van der Waals surface area (Å²) >= 11 is 6.18. The third-order valence-corrected chi connectivity index (χ3v) is 7.59. The molecule has 212 valence electrons. The molecular weight excluding hydrogens is 540 g/mol. The lowest BCUT2D eigenvalue weighted by Crippen LogP contribution is -2.44. The van der Waals surface area contributed by atoms with Crippen LogP contribution in [0, 0.1) is 0 Å². The van der Waals surface area contributed by atoms with Crippen LogP contribution in [0.5, 0.6) is 5.75 Å². The summed E-state index contributed by atoms with van der Waals surface area (Å²) in [5.41, 5.74) is 3.80. The number of para-hydroxylation sites is 2. The van der Waals surface area contributed by atoms with Gasteiger partial charge in [0.1, 0.15) is 5.75 Å². The number of carbonyl (C=O) groups excluding carboxylic acids is 1. The van der Waals surface area contributed by atoms with Gasteiger partial charge in [-0.05, 0) is 61.7 Å². The second kappa shape index (κ2) is 12.9. The van der Waals surface area contributed by atoms with Gasteiger partial charge >= 0.3 is 5.97 Å². The molecule has 4 N–H and O–H groups in total. The molecular formula is C32H33ClN4O4. The molecule has 1 fully saturated rings. The first-order valence-electron chi connectivity index (χ1n) is 13.7. The number of carboxylic acids is 1. The van der Waals surface area contributed by atoms with E-state index in [1.807, 2.05) is 61.7 Å². The summed E-state index contributed by atoms with van der Waals surface area (Å²) < 4.78 is 5.59. The van der Waals surface area contributed by atoms with Crippen molar-refractivity contribution in [1.82, 2.24) is 20.2 Å². The van der Waals surface area contributed by atoms with E-state index in [-0.39, 0.29) is 11.9 Å². The van der Waals surface area contributed by atoms with Gasteiger partial charge in [-0.2, -0.15) is 0 Å². The molecule has 0 spiro atoms. The summed E-state index contributed by atoms with van der Waals surface area (Å²) in [5, 5.41) is 14.6. The molecule has 5 aromatic rings. The van der Waals surface area contributed by atoms with Gasteiger partial charge in [-0.3, -0.25) is 9.69 Å². The Morgan fingerprint density at radius 3 is 2.22 bits per heavy atom. The minimum atomic E-state index is -0.900. The van der Waals surface area contributed by atoms with Crippen molar-refractivity contribution in [1.29, 1.82) is 0 Å². The molecule has 2 aromatic heterocycles. The Kier molecular flexibility index (Phi) is 8.91. The smallest absolute Gasteiger partial charge is 0.337 e. The zero-order chi connectivity index (χ0) is 28.8. The molecule has 8 nitrogen and oxygen atoms in total. The number of hydrogen-bond acceptors (Lipinski definition) is 4. The molecule has 1 aliphatic heterocycles. The second-order valence-electron chi connectivity index (χ2n) is 10.0. The summed E-state index contributed by atoms with van der Waals surface area (Å²) in [5.74, 6) is -0.161. The third-order valence-electron chi connectivity index (χ3n) is 7.27. The van der Waals surface area contributed by atoms with Gasteiger partial charge in [0.25, 0.3) is 5.91 Å². The lowest BCUT2D eigenvalue weighted by atomic mass is 10.0. The number of aromatic nitrogens is 2. The molecule has 0 radical (unpaired) electrons. The van der Waals surface area contributed by atoms with Crippen molar-refractivity contribution in [3.63, 3.8) is 0 Å². The largest absolute Gasteiger partial charge is 0.492 e. The van der Waals surface area contributed by atoms with Crippen molar-refractivity contribution >= 4 is 45.3 Å². The topological polar surface area (TPSA) is 110 Å². The summed E-state index contributed by atoms with van der Waals surface area (Å²) in [4.78, 5) is 31.9. The Bertz CT molecular complexity index is 1650. The molecule has 0 unspecified atom stereocenters. The van der Waals surface area contributed by atoms with E-state index in [9.17, 15) is 9.59 Å². The van der Waals surface area contributed by atoms with Crippen LogP contribution >= 0.6 is 11.6 Å². The fourth-order valence-corrected chi connectivity index (χ4v) is 5.38. The summed E-state index contributed by atoms with van der Waals surface area (Å²) in [6.07, 6.45) is 5.49. The Hall–Kier alpha value is -4.27. The molecule has 6 rings (SSSR count). The number of halogens is 1. The van der Waals surface area contributed by atoms with E-state index < -0.39 is 5.97 Å². The fourth-order valence-electron chi connectivity index (χ4n) is 5.21. The highest BCUT2D eigenvalue weighted by Crippen LogP contribution is 2.27. The number of carboxylic acid groups (broad SMARTS) is 1. The van der Waals surface area contributed by atoms with Crippen LogP contribution < -0.4 is 10.1 Å². The minimum Gasteiger partial charge on any atom is -0.492 e. The molecule has 0 aliphatic carbocycles. The lowest BCUT2D eigenvalue weighted by molar-refractivity contribution is 0.0698. The van der Waals surface area contributed by atoms with Gasteiger partial charge in [0.05, 0.1) is 33.8 Å². The predicted molar refractivity (Wildman–Crippen MR) is 162 cm³/mol. The molecule has 3 heterocycles. The summed E-state index contributed by atoms with van der Waals surface area (Å²) in [6.45, 7) is 5.32. The molecule has 0 bridgehead atoms. The van der Waals surface area contributed by atoms with E-state index in [4.69, 9.17) is 21.4 Å². The van der Waals surface area contributed by atoms with Gasteiger partial charge in [-0.15, -0.1) is 0 Å². The first-order valence-corrected chi connectivity index (χ1v) is 14.1. The quantitative estimate of drug-likeness (QED) is 0.178. The molecule has 0 atom stereocenters. The summed E-state index contributed by atoms with van der Waals surface area (Å²) in [7, 11) is 0. The normalized spacial score (nSPS) is 14.0. The maximum atomic E-state index is 12.8. The van der Waals surface area contributed by atoms with Gasteiger partial charge in [0.15, 0.2) is 0 Å². The van der Waals surface area contributed by atoms with Crippen LogP contribution in [0.15, 0.2) is 79.1 Å². The van der Waals surface area contributed by atoms with Crippen LogP contribution in [-0.2, 0) is 6.54 Å². The number of ether oxygens (including phenoxy) is 1. The number of rotatable bonds is 7. The van der Waals surface area contributed by atoms with Crippen molar-refractivity contribution in [2.24, 2.45) is 0 Å². The van der Waals surface area contributed by atoms with Gasteiger partial charge in [-0.1, -0.05) is 41.9 Å². The SMILES string of the molecule is CCOc1cc(CN2CCC(NC(=O)c3cccc4cc[nH]c34)CC2)ccc1Cl.O=C(O)c1cccc2cc[nH]c12.